The van der Waals surface area contributed by atoms with E-state index >= 15 is 0 Å². The standard InChI is InChI=1S/C18H22FN3O2/c1-13(24-17-6-4-3-5-15(17)19)18(23)22-9-7-14(8-10-22)16-11-20-12-21(16)2/h3-6,11-14H,7-10H2,1-2H3. The number of imidazole rings is 1. The van der Waals surface area contributed by atoms with Gasteiger partial charge in [0.1, 0.15) is 0 Å². The fourth-order valence-corrected chi connectivity index (χ4v) is 3.19. The average molecular weight is 331 g/mol. The molecule has 1 aliphatic heterocycles. The van der Waals surface area contributed by atoms with Crippen molar-refractivity contribution in [3.63, 3.8) is 0 Å². The molecule has 1 aliphatic rings. The number of nitrogens with zero attached hydrogens (tertiary/aromatic N) is 3. The number of aryl methyl sites for hydroxylation is 1. The van der Waals surface area contributed by atoms with Crippen LogP contribution in [0.1, 0.15) is 31.4 Å². The van der Waals surface area contributed by atoms with E-state index < -0.39 is 11.9 Å². The van der Waals surface area contributed by atoms with Crippen LogP contribution in [0.4, 0.5) is 4.39 Å². The van der Waals surface area contributed by atoms with Crippen molar-refractivity contribution in [3.8, 4) is 5.75 Å². The summed E-state index contributed by atoms with van der Waals surface area (Å²) in [5, 5.41) is 0. The van der Waals surface area contributed by atoms with E-state index in [0.29, 0.717) is 19.0 Å². The maximum Gasteiger partial charge on any atom is 0.263 e. The molecule has 1 aromatic heterocycles. The maximum atomic E-state index is 13.6. The SMILES string of the molecule is CC(Oc1ccccc1F)C(=O)N1CCC(c2cncn2C)CC1. The van der Waals surface area contributed by atoms with Gasteiger partial charge in [-0.25, -0.2) is 9.37 Å². The van der Waals surface area contributed by atoms with Gasteiger partial charge in [0.15, 0.2) is 17.7 Å². The van der Waals surface area contributed by atoms with Crippen LogP contribution in [0.15, 0.2) is 36.8 Å². The molecule has 1 saturated heterocycles. The summed E-state index contributed by atoms with van der Waals surface area (Å²) < 4.78 is 21.2. The summed E-state index contributed by atoms with van der Waals surface area (Å²) in [6, 6.07) is 6.15. The second-order valence-electron chi connectivity index (χ2n) is 6.22. The second-order valence-corrected chi connectivity index (χ2v) is 6.22. The van der Waals surface area contributed by atoms with Crippen LogP contribution < -0.4 is 4.74 Å². The van der Waals surface area contributed by atoms with Crippen LogP contribution in [0.25, 0.3) is 0 Å². The van der Waals surface area contributed by atoms with E-state index in [2.05, 4.69) is 4.98 Å². The van der Waals surface area contributed by atoms with Gasteiger partial charge in [0.25, 0.3) is 5.91 Å². The minimum atomic E-state index is -0.699. The van der Waals surface area contributed by atoms with Gasteiger partial charge in [0, 0.05) is 37.9 Å². The fourth-order valence-electron chi connectivity index (χ4n) is 3.19. The number of amides is 1. The lowest BCUT2D eigenvalue weighted by Gasteiger charge is -2.33. The number of hydrogen-bond donors (Lipinski definition) is 0. The molecule has 24 heavy (non-hydrogen) atoms. The lowest BCUT2D eigenvalue weighted by Crippen LogP contribution is -2.44. The third-order valence-electron chi connectivity index (χ3n) is 4.57. The highest BCUT2D eigenvalue weighted by molar-refractivity contribution is 5.81. The summed E-state index contributed by atoms with van der Waals surface area (Å²) in [5.74, 6) is -0.0127. The number of ether oxygens (including phenoxy) is 1. The molecule has 2 heterocycles. The molecule has 6 heteroatoms. The van der Waals surface area contributed by atoms with Gasteiger partial charge in [0.05, 0.1) is 6.33 Å². The zero-order valence-corrected chi connectivity index (χ0v) is 14.0. The number of carbonyl (C=O) groups excluding carboxylic acids is 1. The van der Waals surface area contributed by atoms with E-state index in [1.165, 1.54) is 17.8 Å². The number of benzene rings is 1. The third-order valence-corrected chi connectivity index (χ3v) is 4.57. The molecule has 0 bridgehead atoms. The number of rotatable bonds is 4. The van der Waals surface area contributed by atoms with Crippen LogP contribution in [-0.2, 0) is 11.8 Å². The number of para-hydroxylation sites is 1. The Morgan fingerprint density at radius 1 is 1.33 bits per heavy atom. The first-order valence-corrected chi connectivity index (χ1v) is 8.22. The molecule has 0 N–H and O–H groups in total. The number of piperidine rings is 1. The number of carbonyl (C=O) groups is 1. The fraction of sp³-hybridized carbons (Fsp3) is 0.444. The van der Waals surface area contributed by atoms with Crippen molar-refractivity contribution in [2.75, 3.05) is 13.1 Å². The molecular formula is C18H22FN3O2. The molecule has 3 rings (SSSR count). The van der Waals surface area contributed by atoms with Crippen molar-refractivity contribution < 1.29 is 13.9 Å². The van der Waals surface area contributed by atoms with E-state index in [1.807, 2.05) is 17.8 Å². The Labute approximate surface area is 141 Å². The molecule has 1 aromatic carbocycles. The molecule has 0 saturated carbocycles. The van der Waals surface area contributed by atoms with Gasteiger partial charge in [-0.3, -0.25) is 4.79 Å². The monoisotopic (exact) mass is 331 g/mol. The van der Waals surface area contributed by atoms with Crippen LogP contribution in [0.2, 0.25) is 0 Å². The van der Waals surface area contributed by atoms with E-state index in [4.69, 9.17) is 4.74 Å². The van der Waals surface area contributed by atoms with Crippen LogP contribution in [0.5, 0.6) is 5.75 Å². The second kappa shape index (κ2) is 7.03. The maximum absolute atomic E-state index is 13.6. The third kappa shape index (κ3) is 3.42. The topological polar surface area (TPSA) is 47.4 Å². The Bertz CT molecular complexity index is 708. The van der Waals surface area contributed by atoms with Gasteiger partial charge in [-0.15, -0.1) is 0 Å². The highest BCUT2D eigenvalue weighted by Crippen LogP contribution is 2.28. The highest BCUT2D eigenvalue weighted by atomic mass is 19.1. The number of hydrogen-bond acceptors (Lipinski definition) is 3. The number of halogens is 1. The minimum Gasteiger partial charge on any atom is -0.478 e. The Morgan fingerprint density at radius 2 is 2.04 bits per heavy atom. The van der Waals surface area contributed by atoms with Gasteiger partial charge >= 0.3 is 0 Å². The summed E-state index contributed by atoms with van der Waals surface area (Å²) in [6.07, 6.45) is 4.80. The highest BCUT2D eigenvalue weighted by Gasteiger charge is 2.28. The first-order chi connectivity index (χ1) is 11.6. The predicted octanol–water partition coefficient (Wildman–Crippen LogP) is 2.73. The molecule has 5 nitrogen and oxygen atoms in total. The Morgan fingerprint density at radius 3 is 2.67 bits per heavy atom. The summed E-state index contributed by atoms with van der Waals surface area (Å²) in [5.41, 5.74) is 1.21. The summed E-state index contributed by atoms with van der Waals surface area (Å²) in [6.45, 7) is 3.03. The Kier molecular flexibility index (Phi) is 4.83. The first-order valence-electron chi connectivity index (χ1n) is 8.22. The normalized spacial score (nSPS) is 16.9. The molecule has 0 radical (unpaired) electrons. The molecule has 128 valence electrons. The van der Waals surface area contributed by atoms with Gasteiger partial charge in [0.2, 0.25) is 0 Å². The first kappa shape index (κ1) is 16.5. The largest absolute Gasteiger partial charge is 0.478 e. The zero-order valence-electron chi connectivity index (χ0n) is 14.0. The van der Waals surface area contributed by atoms with Crippen LogP contribution in [0, 0.1) is 5.82 Å². The smallest absolute Gasteiger partial charge is 0.263 e. The summed E-state index contributed by atoms with van der Waals surface area (Å²) in [7, 11) is 1.99. The van der Waals surface area contributed by atoms with Gasteiger partial charge in [-0.05, 0) is 31.9 Å². The number of aromatic nitrogens is 2. The molecule has 0 aliphatic carbocycles. The van der Waals surface area contributed by atoms with Crippen LogP contribution in [0.3, 0.4) is 0 Å². The quantitative estimate of drug-likeness (QED) is 0.865. The molecule has 1 amide bonds. The van der Waals surface area contributed by atoms with Crippen molar-refractivity contribution in [1.29, 1.82) is 0 Å². The summed E-state index contributed by atoms with van der Waals surface area (Å²) >= 11 is 0. The Hall–Kier alpha value is -2.37. The summed E-state index contributed by atoms with van der Waals surface area (Å²) in [4.78, 5) is 18.5. The van der Waals surface area contributed by atoms with Crippen molar-refractivity contribution in [2.45, 2.75) is 31.8 Å². The molecule has 1 fully saturated rings. The molecule has 0 spiro atoms. The Balaban J connectivity index is 1.57. The van der Waals surface area contributed by atoms with Crippen molar-refractivity contribution in [2.24, 2.45) is 7.05 Å². The lowest BCUT2D eigenvalue weighted by atomic mass is 9.93. The van der Waals surface area contributed by atoms with Crippen LogP contribution in [-0.4, -0.2) is 39.6 Å². The average Bonchev–Trinajstić information content (AvgIpc) is 3.02. The van der Waals surface area contributed by atoms with E-state index in [1.54, 1.807) is 30.3 Å². The molecule has 1 unspecified atom stereocenters. The molecule has 1 atom stereocenters. The van der Waals surface area contributed by atoms with Gasteiger partial charge < -0.3 is 14.2 Å². The van der Waals surface area contributed by atoms with Gasteiger partial charge in [-0.2, -0.15) is 0 Å². The van der Waals surface area contributed by atoms with Crippen molar-refractivity contribution in [1.82, 2.24) is 14.5 Å². The predicted molar refractivity (Wildman–Crippen MR) is 88.3 cm³/mol. The zero-order chi connectivity index (χ0) is 17.1. The van der Waals surface area contributed by atoms with E-state index in [0.717, 1.165) is 12.8 Å². The van der Waals surface area contributed by atoms with E-state index in [-0.39, 0.29) is 11.7 Å². The molecule has 2 aromatic rings. The van der Waals surface area contributed by atoms with Crippen LogP contribution >= 0.6 is 0 Å². The minimum absolute atomic E-state index is 0.0956. The number of likely N-dealkylation sites (tertiary alicyclic amines) is 1. The van der Waals surface area contributed by atoms with Gasteiger partial charge in [-0.1, -0.05) is 12.1 Å². The van der Waals surface area contributed by atoms with E-state index in [9.17, 15) is 9.18 Å². The lowest BCUT2D eigenvalue weighted by molar-refractivity contribution is -0.139. The molecular weight excluding hydrogens is 309 g/mol. The van der Waals surface area contributed by atoms with Crippen molar-refractivity contribution in [3.05, 3.63) is 48.3 Å². The van der Waals surface area contributed by atoms with Crippen molar-refractivity contribution >= 4 is 5.91 Å².